The largest absolute Gasteiger partial charge is 0.445 e. The molecule has 1 fully saturated rings. The number of nitrogens with one attached hydrogen (secondary N) is 1. The van der Waals surface area contributed by atoms with Crippen molar-refractivity contribution in [1.29, 1.82) is 0 Å². The molecule has 10 nitrogen and oxygen atoms in total. The minimum absolute atomic E-state index is 0.00212. The van der Waals surface area contributed by atoms with Crippen molar-refractivity contribution in [3.05, 3.63) is 56.0 Å². The molecule has 0 unspecified atom stereocenters. The van der Waals surface area contributed by atoms with E-state index in [0.717, 1.165) is 0 Å². The second-order valence-corrected chi connectivity index (χ2v) is 8.09. The van der Waals surface area contributed by atoms with E-state index in [9.17, 15) is 19.7 Å². The van der Waals surface area contributed by atoms with Crippen LogP contribution in [0.5, 0.6) is 0 Å². The Labute approximate surface area is 175 Å². The molecule has 1 aromatic carbocycles. The highest BCUT2D eigenvalue weighted by atomic mass is 32.1. The van der Waals surface area contributed by atoms with E-state index in [1.165, 1.54) is 23.5 Å². The number of hydrogen-bond donors (Lipinski definition) is 3. The number of nitrogens with two attached hydrogens (primary N) is 1. The lowest BCUT2D eigenvalue weighted by atomic mass is 10.2. The molecule has 0 aliphatic carbocycles. The predicted octanol–water partition coefficient (Wildman–Crippen LogP) is 2.60. The Morgan fingerprint density at radius 2 is 2.14 bits per heavy atom. The molecule has 0 bridgehead atoms. The fourth-order valence-corrected chi connectivity index (χ4v) is 4.12. The number of nitro groups is 1. The Bertz CT molecular complexity index is 904. The molecular weight excluding hydrogens is 418 g/mol. The molecule has 3 rings (SSSR count). The second-order valence-electron chi connectivity index (χ2n) is 6.42. The molecule has 0 saturated carbocycles. The summed E-state index contributed by atoms with van der Waals surface area (Å²) in [4.78, 5) is 39.7. The van der Waals surface area contributed by atoms with Gasteiger partial charge in [-0.3, -0.25) is 15.0 Å². The number of urea groups is 1. The number of amides is 3. The number of hydrogen-bond acceptors (Lipinski definition) is 8. The average molecular weight is 438 g/mol. The SMILES string of the molecule is NC(=O)NCc1nc([C@@H]2C[C@H](S)CN2C(=O)OCc2ccc([N+](=O)[O-])cc2)cs1. The third-order valence-electron chi connectivity index (χ3n) is 4.35. The summed E-state index contributed by atoms with van der Waals surface area (Å²) >= 11 is 5.86. The molecule has 154 valence electrons. The van der Waals surface area contributed by atoms with E-state index in [4.69, 9.17) is 10.5 Å². The van der Waals surface area contributed by atoms with E-state index in [1.54, 1.807) is 17.0 Å². The van der Waals surface area contributed by atoms with Gasteiger partial charge >= 0.3 is 12.1 Å². The lowest BCUT2D eigenvalue weighted by molar-refractivity contribution is -0.384. The number of carbonyl (C=O) groups excluding carboxylic acids is 2. The summed E-state index contributed by atoms with van der Waals surface area (Å²) in [5, 5.41) is 15.7. The summed E-state index contributed by atoms with van der Waals surface area (Å²) in [5.41, 5.74) is 6.40. The van der Waals surface area contributed by atoms with E-state index in [0.29, 0.717) is 29.2 Å². The Morgan fingerprint density at radius 3 is 2.79 bits per heavy atom. The maximum absolute atomic E-state index is 12.6. The van der Waals surface area contributed by atoms with Crippen molar-refractivity contribution in [1.82, 2.24) is 15.2 Å². The average Bonchev–Trinajstić information content (AvgIpc) is 3.31. The number of primary amides is 1. The van der Waals surface area contributed by atoms with Crippen LogP contribution in [0.4, 0.5) is 15.3 Å². The van der Waals surface area contributed by atoms with Crippen LogP contribution in [-0.4, -0.2) is 38.7 Å². The molecule has 2 atom stereocenters. The zero-order chi connectivity index (χ0) is 21.0. The lowest BCUT2D eigenvalue weighted by Gasteiger charge is -2.22. The van der Waals surface area contributed by atoms with Gasteiger partial charge in [-0.25, -0.2) is 14.6 Å². The van der Waals surface area contributed by atoms with Gasteiger partial charge in [-0.1, -0.05) is 0 Å². The fraction of sp³-hybridized carbons (Fsp3) is 0.353. The van der Waals surface area contributed by atoms with E-state index >= 15 is 0 Å². The van der Waals surface area contributed by atoms with Gasteiger partial charge in [-0.15, -0.1) is 11.3 Å². The van der Waals surface area contributed by atoms with Crippen molar-refractivity contribution < 1.29 is 19.2 Å². The minimum atomic E-state index is -0.630. The zero-order valence-corrected chi connectivity index (χ0v) is 16.9. The topological polar surface area (TPSA) is 141 Å². The number of aromatic nitrogens is 1. The molecule has 3 N–H and O–H groups in total. The number of nitrogens with zero attached hydrogens (tertiary/aromatic N) is 3. The predicted molar refractivity (Wildman–Crippen MR) is 109 cm³/mol. The van der Waals surface area contributed by atoms with Gasteiger partial charge in [-0.05, 0) is 24.1 Å². The van der Waals surface area contributed by atoms with Crippen molar-refractivity contribution in [3.63, 3.8) is 0 Å². The van der Waals surface area contributed by atoms with Crippen LogP contribution >= 0.6 is 24.0 Å². The van der Waals surface area contributed by atoms with Gasteiger partial charge in [0.15, 0.2) is 0 Å². The van der Waals surface area contributed by atoms with E-state index in [1.807, 2.05) is 5.38 Å². The number of rotatable bonds is 6. The second kappa shape index (κ2) is 9.09. The van der Waals surface area contributed by atoms with E-state index in [2.05, 4.69) is 22.9 Å². The Morgan fingerprint density at radius 1 is 1.41 bits per heavy atom. The molecule has 1 aliphatic rings. The Hall–Kier alpha value is -2.86. The highest BCUT2D eigenvalue weighted by Crippen LogP contribution is 2.35. The van der Waals surface area contributed by atoms with Crippen LogP contribution in [0.15, 0.2) is 29.6 Å². The van der Waals surface area contributed by atoms with Crippen molar-refractivity contribution in [3.8, 4) is 0 Å². The molecule has 0 radical (unpaired) electrons. The van der Waals surface area contributed by atoms with Crippen molar-refractivity contribution in [2.75, 3.05) is 6.54 Å². The van der Waals surface area contributed by atoms with Crippen LogP contribution in [0.25, 0.3) is 0 Å². The number of thiol groups is 1. The van der Waals surface area contributed by atoms with Crippen LogP contribution in [0.2, 0.25) is 0 Å². The van der Waals surface area contributed by atoms with Crippen molar-refractivity contribution in [2.45, 2.75) is 30.9 Å². The number of carbonyl (C=O) groups is 2. The molecule has 29 heavy (non-hydrogen) atoms. The molecular formula is C17H19N5O5S2. The monoisotopic (exact) mass is 437 g/mol. The molecule has 1 aliphatic heterocycles. The van der Waals surface area contributed by atoms with Gasteiger partial charge in [0.1, 0.15) is 11.6 Å². The summed E-state index contributed by atoms with van der Waals surface area (Å²) in [6, 6.07) is 4.92. The molecule has 0 spiro atoms. The number of nitro benzene ring substituents is 1. The van der Waals surface area contributed by atoms with Crippen molar-refractivity contribution in [2.24, 2.45) is 5.73 Å². The van der Waals surface area contributed by atoms with Crippen LogP contribution in [0.1, 0.15) is 28.7 Å². The number of ether oxygens (including phenoxy) is 1. The standard InChI is InChI=1S/C17H19N5O5S2/c18-16(23)19-6-15-20-13(9-29-15)14-5-12(28)7-21(14)17(24)27-8-10-1-3-11(4-2-10)22(25)26/h1-4,9,12,14,28H,5-8H2,(H3,18,19,23)/t12-,14-/m0/s1. The lowest BCUT2D eigenvalue weighted by Crippen LogP contribution is -2.32. The van der Waals surface area contributed by atoms with Crippen LogP contribution in [0.3, 0.4) is 0 Å². The first-order valence-corrected chi connectivity index (χ1v) is 10.1. The highest BCUT2D eigenvalue weighted by Gasteiger charge is 2.37. The first kappa shape index (κ1) is 20.9. The summed E-state index contributed by atoms with van der Waals surface area (Å²) in [5.74, 6) is 0. The summed E-state index contributed by atoms with van der Waals surface area (Å²) in [6.45, 7) is 0.642. The fourth-order valence-electron chi connectivity index (χ4n) is 2.96. The van der Waals surface area contributed by atoms with Crippen LogP contribution in [-0.2, 0) is 17.9 Å². The van der Waals surface area contributed by atoms with E-state index < -0.39 is 17.0 Å². The maximum Gasteiger partial charge on any atom is 0.410 e. The molecule has 1 aromatic heterocycles. The van der Waals surface area contributed by atoms with Gasteiger partial charge in [0.05, 0.1) is 23.2 Å². The van der Waals surface area contributed by atoms with Gasteiger partial charge in [0.2, 0.25) is 0 Å². The third kappa shape index (κ3) is 5.35. The Balaban J connectivity index is 1.62. The first-order valence-electron chi connectivity index (χ1n) is 8.66. The molecule has 2 heterocycles. The van der Waals surface area contributed by atoms with Gasteiger partial charge in [-0.2, -0.15) is 12.6 Å². The smallest absolute Gasteiger partial charge is 0.410 e. The van der Waals surface area contributed by atoms with Crippen molar-refractivity contribution >= 4 is 41.8 Å². The summed E-state index contributed by atoms with van der Waals surface area (Å²) in [6.07, 6.45) is 0.122. The molecule has 3 amide bonds. The highest BCUT2D eigenvalue weighted by molar-refractivity contribution is 7.81. The summed E-state index contributed by atoms with van der Waals surface area (Å²) < 4.78 is 5.38. The molecule has 2 aromatic rings. The normalized spacial score (nSPS) is 18.4. The maximum atomic E-state index is 12.6. The zero-order valence-electron chi connectivity index (χ0n) is 15.2. The van der Waals surface area contributed by atoms with Crippen LogP contribution in [0, 0.1) is 10.1 Å². The van der Waals surface area contributed by atoms with Crippen LogP contribution < -0.4 is 11.1 Å². The number of benzene rings is 1. The first-order chi connectivity index (χ1) is 13.8. The summed E-state index contributed by atoms with van der Waals surface area (Å²) in [7, 11) is 0. The van der Waals surface area contributed by atoms with Gasteiger partial charge < -0.3 is 15.8 Å². The molecule has 12 heteroatoms. The van der Waals surface area contributed by atoms with E-state index in [-0.39, 0.29) is 30.1 Å². The number of non-ortho nitro benzene ring substituents is 1. The quantitative estimate of drug-likeness (QED) is 0.360. The molecule has 1 saturated heterocycles. The van der Waals surface area contributed by atoms with Gasteiger partial charge in [0, 0.05) is 29.3 Å². The van der Waals surface area contributed by atoms with Gasteiger partial charge in [0.25, 0.3) is 5.69 Å². The Kier molecular flexibility index (Phi) is 6.54. The minimum Gasteiger partial charge on any atom is -0.445 e. The third-order valence-corrected chi connectivity index (χ3v) is 5.59. The number of thiazole rings is 1. The number of likely N-dealkylation sites (tertiary alicyclic amines) is 1.